The van der Waals surface area contributed by atoms with E-state index < -0.39 is 25.9 Å². The zero-order valence-corrected chi connectivity index (χ0v) is 19.2. The average molecular weight is 494 g/mol. The minimum atomic E-state index is -3.88. The first-order chi connectivity index (χ1) is 15.6. The van der Waals surface area contributed by atoms with E-state index in [9.17, 15) is 26.4 Å². The molecule has 2 amide bonds. The Labute approximate surface area is 191 Å². The summed E-state index contributed by atoms with van der Waals surface area (Å²) in [6.07, 6.45) is 0.281. The van der Waals surface area contributed by atoms with Crippen LogP contribution < -0.4 is 19.7 Å². The first-order valence-electron chi connectivity index (χ1n) is 10.3. The highest BCUT2D eigenvalue weighted by Crippen LogP contribution is 2.31. The highest BCUT2D eigenvalue weighted by molar-refractivity contribution is 7.92. The monoisotopic (exact) mass is 493 g/mol. The molecule has 176 valence electrons. The lowest BCUT2D eigenvalue weighted by molar-refractivity contribution is -0.121. The number of para-hydroxylation sites is 2. The molecule has 2 aromatic rings. The summed E-state index contributed by atoms with van der Waals surface area (Å²) >= 11 is 0. The molecular weight excluding hydrogens is 470 g/mol. The Morgan fingerprint density at radius 2 is 1.85 bits per heavy atom. The smallest absolute Gasteiger partial charge is 0.265 e. The molecule has 1 saturated heterocycles. The fraction of sp³-hybridized carbons (Fsp3) is 0.333. The van der Waals surface area contributed by atoms with Crippen molar-refractivity contribution in [1.29, 1.82) is 0 Å². The van der Waals surface area contributed by atoms with Crippen molar-refractivity contribution in [2.45, 2.75) is 23.8 Å². The summed E-state index contributed by atoms with van der Waals surface area (Å²) in [5.74, 6) is -0.239. The topological polar surface area (TPSA) is 139 Å². The van der Waals surface area contributed by atoms with Crippen molar-refractivity contribution in [2.75, 3.05) is 34.9 Å². The van der Waals surface area contributed by atoms with Gasteiger partial charge in [0.15, 0.2) is 16.4 Å². The second kappa shape index (κ2) is 9.12. The number of carbonyl (C=O) groups excluding carboxylic acids is 2. The van der Waals surface area contributed by atoms with E-state index in [4.69, 9.17) is 4.74 Å². The number of benzene rings is 2. The largest absolute Gasteiger partial charge is 0.482 e. The van der Waals surface area contributed by atoms with Crippen LogP contribution >= 0.6 is 0 Å². The lowest BCUT2D eigenvalue weighted by atomic mass is 10.2. The lowest BCUT2D eigenvalue weighted by Crippen LogP contribution is -2.40. The molecule has 2 heterocycles. The maximum absolute atomic E-state index is 12.5. The van der Waals surface area contributed by atoms with Gasteiger partial charge in [-0.3, -0.25) is 9.59 Å². The molecule has 2 N–H and O–H groups in total. The molecule has 2 aliphatic heterocycles. The van der Waals surface area contributed by atoms with Gasteiger partial charge in [-0.15, -0.1) is 0 Å². The summed E-state index contributed by atoms with van der Waals surface area (Å²) < 4.78 is 55.9. The van der Waals surface area contributed by atoms with Gasteiger partial charge in [0.1, 0.15) is 5.75 Å². The van der Waals surface area contributed by atoms with Gasteiger partial charge < -0.3 is 15.0 Å². The van der Waals surface area contributed by atoms with Gasteiger partial charge in [0.25, 0.3) is 5.91 Å². The Bertz CT molecular complexity index is 1280. The second-order valence-electron chi connectivity index (χ2n) is 7.85. The van der Waals surface area contributed by atoms with E-state index in [1.54, 1.807) is 24.3 Å². The van der Waals surface area contributed by atoms with Gasteiger partial charge in [-0.2, -0.15) is 0 Å². The van der Waals surface area contributed by atoms with Crippen LogP contribution in [0.3, 0.4) is 0 Å². The SMILES string of the molecule is O=C(CCN1C(=O)COc2ccccc21)Nc1ccc(S(=O)(=O)N[C@H]2CCS(=O)(=O)C2)cc1. The van der Waals surface area contributed by atoms with Gasteiger partial charge in [0, 0.05) is 24.7 Å². The number of anilines is 2. The van der Waals surface area contributed by atoms with E-state index in [2.05, 4.69) is 10.0 Å². The van der Waals surface area contributed by atoms with Crippen molar-refractivity contribution in [1.82, 2.24) is 4.72 Å². The van der Waals surface area contributed by atoms with Crippen LogP contribution in [0.15, 0.2) is 53.4 Å². The Hall–Kier alpha value is -2.96. The third-order valence-corrected chi connectivity index (χ3v) is 8.68. The number of carbonyl (C=O) groups is 2. The minimum absolute atomic E-state index is 0.0275. The maximum atomic E-state index is 12.5. The molecule has 12 heteroatoms. The van der Waals surface area contributed by atoms with Crippen molar-refractivity contribution >= 4 is 43.0 Å². The molecule has 0 radical (unpaired) electrons. The third-order valence-electron chi connectivity index (χ3n) is 5.37. The molecule has 0 unspecified atom stereocenters. The van der Waals surface area contributed by atoms with E-state index in [1.807, 2.05) is 0 Å². The first kappa shape index (κ1) is 23.2. The lowest BCUT2D eigenvalue weighted by Gasteiger charge is -2.29. The Kier molecular flexibility index (Phi) is 6.41. The quantitative estimate of drug-likeness (QED) is 0.584. The van der Waals surface area contributed by atoms with Crippen molar-refractivity contribution in [3.63, 3.8) is 0 Å². The molecule has 1 fully saturated rings. The van der Waals surface area contributed by atoms with Crippen molar-refractivity contribution in [3.05, 3.63) is 48.5 Å². The van der Waals surface area contributed by atoms with E-state index in [1.165, 1.54) is 29.2 Å². The number of sulfone groups is 1. The van der Waals surface area contributed by atoms with Crippen LogP contribution in [0.25, 0.3) is 0 Å². The van der Waals surface area contributed by atoms with E-state index in [0.717, 1.165) is 0 Å². The van der Waals surface area contributed by atoms with Crippen LogP contribution in [-0.4, -0.2) is 59.3 Å². The minimum Gasteiger partial charge on any atom is -0.482 e. The number of amides is 2. The molecule has 0 saturated carbocycles. The standard InChI is InChI=1S/C21H23N3O7S2/c25-20(9-11-24-18-3-1-2-4-19(18)31-13-21(24)26)22-15-5-7-17(8-6-15)33(29,30)23-16-10-12-32(27,28)14-16/h1-8,16,23H,9-14H2,(H,22,25)/t16-/m0/s1. The third kappa shape index (κ3) is 5.52. The highest BCUT2D eigenvalue weighted by atomic mass is 32.2. The van der Waals surface area contributed by atoms with Gasteiger partial charge in [0.2, 0.25) is 15.9 Å². The number of nitrogens with zero attached hydrogens (tertiary/aromatic N) is 1. The van der Waals surface area contributed by atoms with Gasteiger partial charge in [-0.1, -0.05) is 12.1 Å². The molecule has 1 atom stereocenters. The number of rotatable bonds is 7. The fourth-order valence-corrected chi connectivity index (χ4v) is 6.78. The molecule has 0 spiro atoms. The summed E-state index contributed by atoms with van der Waals surface area (Å²) in [4.78, 5) is 26.0. The van der Waals surface area contributed by atoms with E-state index >= 15 is 0 Å². The van der Waals surface area contributed by atoms with E-state index in [-0.39, 0.29) is 54.2 Å². The van der Waals surface area contributed by atoms with Gasteiger partial charge in [-0.05, 0) is 42.8 Å². The summed E-state index contributed by atoms with van der Waals surface area (Å²) in [6.45, 7) is 0.0844. The number of ether oxygens (including phenoxy) is 1. The molecule has 2 aromatic carbocycles. The van der Waals surface area contributed by atoms with Crippen LogP contribution in [0, 0.1) is 0 Å². The van der Waals surface area contributed by atoms with Crippen molar-refractivity contribution in [3.8, 4) is 5.75 Å². The molecule has 0 aromatic heterocycles. The zero-order chi connectivity index (χ0) is 23.6. The van der Waals surface area contributed by atoms with Gasteiger partial charge in [-0.25, -0.2) is 21.6 Å². The van der Waals surface area contributed by atoms with Gasteiger partial charge >= 0.3 is 0 Å². The average Bonchev–Trinajstić information content (AvgIpc) is 3.10. The number of fused-ring (bicyclic) bond motifs is 1. The summed E-state index contributed by atoms with van der Waals surface area (Å²) in [5, 5.41) is 2.68. The van der Waals surface area contributed by atoms with Crippen LogP contribution in [0.1, 0.15) is 12.8 Å². The molecule has 0 bridgehead atoms. The summed E-state index contributed by atoms with van der Waals surface area (Å²) in [5.41, 5.74) is 1.01. The van der Waals surface area contributed by atoms with Crippen LogP contribution in [0.4, 0.5) is 11.4 Å². The van der Waals surface area contributed by atoms with Crippen LogP contribution in [-0.2, 0) is 29.4 Å². The molecule has 10 nitrogen and oxygen atoms in total. The number of hydrogen-bond donors (Lipinski definition) is 2. The maximum Gasteiger partial charge on any atom is 0.265 e. The zero-order valence-electron chi connectivity index (χ0n) is 17.6. The Morgan fingerprint density at radius 3 is 2.55 bits per heavy atom. The molecule has 4 rings (SSSR count). The van der Waals surface area contributed by atoms with Crippen molar-refractivity contribution in [2.24, 2.45) is 0 Å². The second-order valence-corrected chi connectivity index (χ2v) is 11.8. The van der Waals surface area contributed by atoms with Crippen LogP contribution in [0.2, 0.25) is 0 Å². The van der Waals surface area contributed by atoms with Gasteiger partial charge in [0.05, 0.1) is 22.1 Å². The normalized spacial score (nSPS) is 19.6. The predicted molar refractivity (Wildman–Crippen MR) is 121 cm³/mol. The first-order valence-corrected chi connectivity index (χ1v) is 13.6. The molecule has 2 aliphatic rings. The Balaban J connectivity index is 1.33. The fourth-order valence-electron chi connectivity index (χ4n) is 3.73. The molecule has 0 aliphatic carbocycles. The number of nitrogens with one attached hydrogen (secondary N) is 2. The molecular formula is C21H23N3O7S2. The highest BCUT2D eigenvalue weighted by Gasteiger charge is 2.31. The summed E-state index contributed by atoms with van der Waals surface area (Å²) in [7, 11) is -7.09. The Morgan fingerprint density at radius 1 is 1.12 bits per heavy atom. The predicted octanol–water partition coefficient (Wildman–Crippen LogP) is 0.906. The van der Waals surface area contributed by atoms with Crippen LogP contribution in [0.5, 0.6) is 5.75 Å². The van der Waals surface area contributed by atoms with E-state index in [0.29, 0.717) is 17.1 Å². The summed E-state index contributed by atoms with van der Waals surface area (Å²) in [6, 6.07) is 12.0. The number of hydrogen-bond acceptors (Lipinski definition) is 7. The number of sulfonamides is 1. The molecule has 33 heavy (non-hydrogen) atoms. The van der Waals surface area contributed by atoms with Crippen molar-refractivity contribution < 1.29 is 31.2 Å².